The fourth-order valence-electron chi connectivity index (χ4n) is 2.53. The molecule has 6 heteroatoms. The van der Waals surface area contributed by atoms with Gasteiger partial charge in [-0.15, -0.1) is 0 Å². The second-order valence-corrected chi connectivity index (χ2v) is 5.15. The molecule has 1 fully saturated rings. The standard InChI is InChI=1S/C15H16F2N2O2/c16-14(17)21-12-5-3-11(4-6-12)9-13(20)19-15(10-18)7-1-2-8-15/h3-6,14H,1-2,7-9H2,(H,19,20). The first-order valence-electron chi connectivity index (χ1n) is 6.79. The summed E-state index contributed by atoms with van der Waals surface area (Å²) in [6.45, 7) is -2.86. The smallest absolute Gasteiger partial charge is 0.387 e. The molecule has 2 rings (SSSR count). The summed E-state index contributed by atoms with van der Waals surface area (Å²) in [5, 5.41) is 12.0. The van der Waals surface area contributed by atoms with E-state index in [1.807, 2.05) is 0 Å². The minimum atomic E-state index is -2.86. The highest BCUT2D eigenvalue weighted by molar-refractivity contribution is 5.79. The van der Waals surface area contributed by atoms with Crippen LogP contribution in [0.5, 0.6) is 5.75 Å². The number of hydrogen-bond acceptors (Lipinski definition) is 3. The van der Waals surface area contributed by atoms with Gasteiger partial charge < -0.3 is 10.1 Å². The second kappa shape index (κ2) is 6.53. The summed E-state index contributed by atoms with van der Waals surface area (Å²) in [6.07, 6.45) is 3.34. The quantitative estimate of drug-likeness (QED) is 0.908. The maximum atomic E-state index is 12.0. The normalized spacial score (nSPS) is 16.5. The van der Waals surface area contributed by atoms with E-state index in [9.17, 15) is 18.8 Å². The molecule has 0 radical (unpaired) electrons. The summed E-state index contributed by atoms with van der Waals surface area (Å²) < 4.78 is 28.3. The molecule has 1 amide bonds. The molecule has 0 bridgehead atoms. The Hall–Kier alpha value is -2.16. The van der Waals surface area contributed by atoms with Gasteiger partial charge in [0.1, 0.15) is 11.3 Å². The van der Waals surface area contributed by atoms with Crippen molar-refractivity contribution in [3.05, 3.63) is 29.8 Å². The number of alkyl halides is 2. The third kappa shape index (κ3) is 4.15. The van der Waals surface area contributed by atoms with Crippen molar-refractivity contribution >= 4 is 5.91 Å². The predicted molar refractivity (Wildman–Crippen MR) is 71.7 cm³/mol. The molecule has 0 saturated heterocycles. The molecule has 0 aromatic heterocycles. The maximum absolute atomic E-state index is 12.0. The highest BCUT2D eigenvalue weighted by Gasteiger charge is 2.35. The van der Waals surface area contributed by atoms with Gasteiger partial charge in [-0.3, -0.25) is 4.79 Å². The lowest BCUT2D eigenvalue weighted by Crippen LogP contribution is -2.45. The van der Waals surface area contributed by atoms with E-state index in [0.717, 1.165) is 12.8 Å². The molecule has 0 unspecified atom stereocenters. The zero-order valence-corrected chi connectivity index (χ0v) is 11.4. The van der Waals surface area contributed by atoms with Crippen LogP contribution in [0.15, 0.2) is 24.3 Å². The summed E-state index contributed by atoms with van der Waals surface area (Å²) in [5.41, 5.74) is -0.0595. The highest BCUT2D eigenvalue weighted by atomic mass is 19.3. The van der Waals surface area contributed by atoms with Crippen LogP contribution >= 0.6 is 0 Å². The van der Waals surface area contributed by atoms with Crippen LogP contribution in [0.2, 0.25) is 0 Å². The molecular formula is C15H16F2N2O2. The van der Waals surface area contributed by atoms with Gasteiger partial charge in [-0.05, 0) is 43.4 Å². The molecule has 1 N–H and O–H groups in total. The number of ether oxygens (including phenoxy) is 1. The number of halogens is 2. The van der Waals surface area contributed by atoms with Gasteiger partial charge in [0.15, 0.2) is 0 Å². The minimum absolute atomic E-state index is 0.0541. The third-order valence-corrected chi connectivity index (χ3v) is 3.56. The van der Waals surface area contributed by atoms with Crippen LogP contribution in [-0.4, -0.2) is 18.1 Å². The Balaban J connectivity index is 1.92. The average molecular weight is 294 g/mol. The SMILES string of the molecule is N#CC1(NC(=O)Cc2ccc(OC(F)F)cc2)CCCC1. The van der Waals surface area contributed by atoms with Crippen molar-refractivity contribution in [1.29, 1.82) is 5.26 Å². The Morgan fingerprint density at radius 1 is 1.33 bits per heavy atom. The Morgan fingerprint density at radius 3 is 2.48 bits per heavy atom. The van der Waals surface area contributed by atoms with E-state index in [2.05, 4.69) is 16.1 Å². The van der Waals surface area contributed by atoms with Gasteiger partial charge in [-0.1, -0.05) is 12.1 Å². The van der Waals surface area contributed by atoms with Crippen LogP contribution in [0.4, 0.5) is 8.78 Å². The first-order chi connectivity index (χ1) is 10.0. The van der Waals surface area contributed by atoms with Crippen LogP contribution < -0.4 is 10.1 Å². The molecule has 0 spiro atoms. The van der Waals surface area contributed by atoms with Gasteiger partial charge in [0.05, 0.1) is 12.5 Å². The summed E-state index contributed by atoms with van der Waals surface area (Å²) >= 11 is 0. The highest BCUT2D eigenvalue weighted by Crippen LogP contribution is 2.29. The van der Waals surface area contributed by atoms with Gasteiger partial charge in [-0.25, -0.2) is 0 Å². The van der Waals surface area contributed by atoms with Crippen LogP contribution in [0.25, 0.3) is 0 Å². The molecule has 0 atom stereocenters. The van der Waals surface area contributed by atoms with E-state index in [1.165, 1.54) is 12.1 Å². The number of hydrogen-bond donors (Lipinski definition) is 1. The number of carbonyl (C=O) groups excluding carboxylic acids is 1. The Kier molecular flexibility index (Phi) is 4.73. The molecule has 1 saturated carbocycles. The van der Waals surface area contributed by atoms with Gasteiger partial charge in [-0.2, -0.15) is 14.0 Å². The number of nitriles is 1. The molecule has 1 aliphatic rings. The van der Waals surface area contributed by atoms with Gasteiger partial charge in [0.25, 0.3) is 0 Å². The van der Waals surface area contributed by atoms with E-state index in [1.54, 1.807) is 12.1 Å². The van der Waals surface area contributed by atoms with E-state index in [0.29, 0.717) is 18.4 Å². The molecule has 1 aliphatic carbocycles. The van der Waals surface area contributed by atoms with Gasteiger partial charge >= 0.3 is 6.61 Å². The summed E-state index contributed by atoms with van der Waals surface area (Å²) in [4.78, 5) is 12.0. The van der Waals surface area contributed by atoms with Crippen molar-refractivity contribution in [2.24, 2.45) is 0 Å². The van der Waals surface area contributed by atoms with Crippen molar-refractivity contribution in [2.75, 3.05) is 0 Å². The fourth-order valence-corrected chi connectivity index (χ4v) is 2.53. The number of benzene rings is 1. The third-order valence-electron chi connectivity index (χ3n) is 3.56. The van der Waals surface area contributed by atoms with Crippen LogP contribution in [0, 0.1) is 11.3 Å². The van der Waals surface area contributed by atoms with Crippen molar-refractivity contribution in [2.45, 2.75) is 44.3 Å². The molecule has 0 aliphatic heterocycles. The lowest BCUT2D eigenvalue weighted by molar-refractivity contribution is -0.121. The zero-order valence-electron chi connectivity index (χ0n) is 11.4. The second-order valence-electron chi connectivity index (χ2n) is 5.15. The Bertz CT molecular complexity index is 532. The number of carbonyl (C=O) groups is 1. The summed E-state index contributed by atoms with van der Waals surface area (Å²) in [6, 6.07) is 8.10. The molecule has 1 aromatic carbocycles. The Morgan fingerprint density at radius 2 is 1.95 bits per heavy atom. The Labute approximate surface area is 121 Å². The monoisotopic (exact) mass is 294 g/mol. The van der Waals surface area contributed by atoms with E-state index < -0.39 is 12.2 Å². The van der Waals surface area contributed by atoms with Crippen molar-refractivity contribution in [1.82, 2.24) is 5.32 Å². The molecule has 112 valence electrons. The number of amides is 1. The van der Waals surface area contributed by atoms with Crippen molar-refractivity contribution < 1.29 is 18.3 Å². The molecule has 0 heterocycles. The maximum Gasteiger partial charge on any atom is 0.387 e. The van der Waals surface area contributed by atoms with Gasteiger partial charge in [0, 0.05) is 0 Å². The van der Waals surface area contributed by atoms with E-state index >= 15 is 0 Å². The summed E-state index contributed by atoms with van der Waals surface area (Å²) in [7, 11) is 0. The largest absolute Gasteiger partial charge is 0.435 e. The van der Waals surface area contributed by atoms with Gasteiger partial charge in [0.2, 0.25) is 5.91 Å². The van der Waals surface area contributed by atoms with Crippen molar-refractivity contribution in [3.8, 4) is 11.8 Å². The lowest BCUT2D eigenvalue weighted by atomic mass is 9.99. The van der Waals surface area contributed by atoms with Crippen LogP contribution in [0.3, 0.4) is 0 Å². The number of nitrogens with zero attached hydrogens (tertiary/aromatic N) is 1. The van der Waals surface area contributed by atoms with Crippen LogP contribution in [0.1, 0.15) is 31.2 Å². The molecular weight excluding hydrogens is 278 g/mol. The molecule has 4 nitrogen and oxygen atoms in total. The first kappa shape index (κ1) is 15.2. The topological polar surface area (TPSA) is 62.1 Å². The van der Waals surface area contributed by atoms with E-state index in [4.69, 9.17) is 0 Å². The number of nitrogens with one attached hydrogen (secondary N) is 1. The summed E-state index contributed by atoms with van der Waals surface area (Å²) in [5.74, 6) is -0.181. The fraction of sp³-hybridized carbons (Fsp3) is 0.467. The molecule has 1 aromatic rings. The van der Waals surface area contributed by atoms with Crippen LogP contribution in [-0.2, 0) is 11.2 Å². The zero-order chi connectivity index (χ0) is 15.3. The van der Waals surface area contributed by atoms with Crippen molar-refractivity contribution in [3.63, 3.8) is 0 Å². The first-order valence-corrected chi connectivity index (χ1v) is 6.79. The average Bonchev–Trinajstić information content (AvgIpc) is 2.89. The number of rotatable bonds is 5. The van der Waals surface area contributed by atoms with E-state index in [-0.39, 0.29) is 18.1 Å². The lowest BCUT2D eigenvalue weighted by Gasteiger charge is -2.21. The molecule has 21 heavy (non-hydrogen) atoms. The predicted octanol–water partition coefficient (Wildman–Crippen LogP) is 2.78. The minimum Gasteiger partial charge on any atom is -0.435 e.